The zero-order valence-corrected chi connectivity index (χ0v) is 6.12. The normalized spacial score (nSPS) is 53.4. The zero-order chi connectivity index (χ0) is 7.14. The fourth-order valence-corrected chi connectivity index (χ4v) is 1.72. The highest BCUT2D eigenvalue weighted by atomic mass is 16.6. The fraction of sp³-hybridized carbons (Fsp3) is 1.00. The molecule has 0 radical (unpaired) electrons. The SMILES string of the molecule is C[C@H]1CO[C@@H]2C(N)CO[C@@H]21. The Labute approximate surface area is 60.5 Å². The molecule has 2 saturated heterocycles. The van der Waals surface area contributed by atoms with Crippen LogP contribution in [0.25, 0.3) is 0 Å². The highest BCUT2D eigenvalue weighted by Crippen LogP contribution is 2.29. The third kappa shape index (κ3) is 0.779. The van der Waals surface area contributed by atoms with Gasteiger partial charge < -0.3 is 15.2 Å². The van der Waals surface area contributed by atoms with Crippen LogP contribution in [0.5, 0.6) is 0 Å². The van der Waals surface area contributed by atoms with Crippen molar-refractivity contribution in [2.75, 3.05) is 13.2 Å². The van der Waals surface area contributed by atoms with Crippen molar-refractivity contribution in [3.05, 3.63) is 0 Å². The minimum Gasteiger partial charge on any atom is -0.373 e. The lowest BCUT2D eigenvalue weighted by Crippen LogP contribution is -2.35. The van der Waals surface area contributed by atoms with Crippen molar-refractivity contribution in [1.82, 2.24) is 0 Å². The van der Waals surface area contributed by atoms with Crippen molar-refractivity contribution >= 4 is 0 Å². The molecule has 2 N–H and O–H groups in total. The molecule has 3 heteroatoms. The highest BCUT2D eigenvalue weighted by molar-refractivity contribution is 4.94. The quantitative estimate of drug-likeness (QED) is 0.508. The van der Waals surface area contributed by atoms with Crippen molar-refractivity contribution in [3.8, 4) is 0 Å². The average Bonchev–Trinajstić information content (AvgIpc) is 2.41. The lowest BCUT2D eigenvalue weighted by atomic mass is 10.0. The van der Waals surface area contributed by atoms with Gasteiger partial charge in [-0.1, -0.05) is 6.92 Å². The molecule has 2 fully saturated rings. The van der Waals surface area contributed by atoms with Crippen LogP contribution in [0, 0.1) is 5.92 Å². The van der Waals surface area contributed by atoms with E-state index in [1.165, 1.54) is 0 Å². The molecule has 2 aliphatic heterocycles. The van der Waals surface area contributed by atoms with Gasteiger partial charge in [0.25, 0.3) is 0 Å². The molecule has 0 saturated carbocycles. The van der Waals surface area contributed by atoms with E-state index in [0.29, 0.717) is 12.5 Å². The van der Waals surface area contributed by atoms with E-state index in [9.17, 15) is 0 Å². The second-order valence-electron chi connectivity index (χ2n) is 3.24. The van der Waals surface area contributed by atoms with Crippen LogP contribution in [0.3, 0.4) is 0 Å². The summed E-state index contributed by atoms with van der Waals surface area (Å²) >= 11 is 0. The molecule has 0 aromatic carbocycles. The summed E-state index contributed by atoms with van der Waals surface area (Å²) in [6, 6.07) is 0.106. The summed E-state index contributed by atoms with van der Waals surface area (Å²) in [4.78, 5) is 0. The van der Waals surface area contributed by atoms with Crippen molar-refractivity contribution in [1.29, 1.82) is 0 Å². The van der Waals surface area contributed by atoms with E-state index in [1.54, 1.807) is 0 Å². The highest BCUT2D eigenvalue weighted by Gasteiger charge is 2.43. The summed E-state index contributed by atoms with van der Waals surface area (Å²) in [7, 11) is 0. The lowest BCUT2D eigenvalue weighted by Gasteiger charge is -2.10. The molecule has 0 aromatic rings. The zero-order valence-electron chi connectivity index (χ0n) is 6.12. The summed E-state index contributed by atoms with van der Waals surface area (Å²) in [5, 5.41) is 0. The van der Waals surface area contributed by atoms with E-state index < -0.39 is 0 Å². The average molecular weight is 143 g/mol. The van der Waals surface area contributed by atoms with Crippen LogP contribution >= 0.6 is 0 Å². The first-order valence-electron chi connectivity index (χ1n) is 3.78. The van der Waals surface area contributed by atoms with Gasteiger partial charge in [0, 0.05) is 5.92 Å². The molecular formula is C7H13NO2. The van der Waals surface area contributed by atoms with E-state index in [4.69, 9.17) is 15.2 Å². The molecule has 4 atom stereocenters. The van der Waals surface area contributed by atoms with E-state index in [0.717, 1.165) is 6.61 Å². The fourth-order valence-electron chi connectivity index (χ4n) is 1.72. The molecule has 2 aliphatic rings. The molecule has 0 amide bonds. The van der Waals surface area contributed by atoms with Crippen LogP contribution in [0.1, 0.15) is 6.92 Å². The lowest BCUT2D eigenvalue weighted by molar-refractivity contribution is 0.0650. The molecule has 0 bridgehead atoms. The Kier molecular flexibility index (Phi) is 1.44. The number of rotatable bonds is 0. The van der Waals surface area contributed by atoms with Crippen LogP contribution in [0.4, 0.5) is 0 Å². The second-order valence-corrected chi connectivity index (χ2v) is 3.24. The van der Waals surface area contributed by atoms with Crippen LogP contribution in [0.2, 0.25) is 0 Å². The Morgan fingerprint density at radius 2 is 1.90 bits per heavy atom. The number of ether oxygens (including phenoxy) is 2. The maximum Gasteiger partial charge on any atom is 0.101 e. The van der Waals surface area contributed by atoms with Gasteiger partial charge in [-0.3, -0.25) is 0 Å². The maximum absolute atomic E-state index is 5.73. The minimum atomic E-state index is 0.106. The molecule has 0 aliphatic carbocycles. The van der Waals surface area contributed by atoms with Gasteiger partial charge >= 0.3 is 0 Å². The molecule has 10 heavy (non-hydrogen) atoms. The second kappa shape index (κ2) is 2.19. The van der Waals surface area contributed by atoms with Gasteiger partial charge in [0.05, 0.1) is 25.4 Å². The third-order valence-corrected chi connectivity index (χ3v) is 2.34. The first kappa shape index (κ1) is 6.58. The van der Waals surface area contributed by atoms with Crippen molar-refractivity contribution in [2.24, 2.45) is 11.7 Å². The van der Waals surface area contributed by atoms with Crippen LogP contribution in [0.15, 0.2) is 0 Å². The molecule has 58 valence electrons. The van der Waals surface area contributed by atoms with E-state index in [2.05, 4.69) is 6.92 Å². The standard InChI is InChI=1S/C7H13NO2/c1-4-2-9-7-5(8)3-10-6(4)7/h4-7H,2-3,8H2,1H3/t4-,5?,6+,7+/m0/s1. The molecule has 0 aromatic heterocycles. The molecule has 2 heterocycles. The molecule has 1 unspecified atom stereocenters. The smallest absolute Gasteiger partial charge is 0.101 e. The van der Waals surface area contributed by atoms with Crippen molar-refractivity contribution < 1.29 is 9.47 Å². The molecule has 3 nitrogen and oxygen atoms in total. The predicted molar refractivity (Wildman–Crippen MR) is 36.6 cm³/mol. The van der Waals surface area contributed by atoms with Crippen molar-refractivity contribution in [3.63, 3.8) is 0 Å². The summed E-state index contributed by atoms with van der Waals surface area (Å²) < 4.78 is 10.9. The van der Waals surface area contributed by atoms with Gasteiger partial charge in [0.15, 0.2) is 0 Å². The number of hydrogen-bond acceptors (Lipinski definition) is 3. The van der Waals surface area contributed by atoms with Gasteiger partial charge in [-0.25, -0.2) is 0 Å². The van der Waals surface area contributed by atoms with Crippen LogP contribution < -0.4 is 5.73 Å². The van der Waals surface area contributed by atoms with Crippen LogP contribution in [-0.4, -0.2) is 31.5 Å². The summed E-state index contributed by atoms with van der Waals surface area (Å²) in [5.74, 6) is 0.526. The Morgan fingerprint density at radius 1 is 1.20 bits per heavy atom. The topological polar surface area (TPSA) is 44.5 Å². The largest absolute Gasteiger partial charge is 0.373 e. The Hall–Kier alpha value is -0.120. The summed E-state index contributed by atoms with van der Waals surface area (Å²) in [6.45, 7) is 3.62. The van der Waals surface area contributed by atoms with Gasteiger partial charge in [0.2, 0.25) is 0 Å². The monoisotopic (exact) mass is 143 g/mol. The van der Waals surface area contributed by atoms with Gasteiger partial charge in [-0.15, -0.1) is 0 Å². The predicted octanol–water partition coefficient (Wildman–Crippen LogP) is -0.253. The minimum absolute atomic E-state index is 0.106. The molecule has 0 spiro atoms. The number of hydrogen-bond donors (Lipinski definition) is 1. The van der Waals surface area contributed by atoms with Gasteiger partial charge in [-0.05, 0) is 0 Å². The molecule has 2 rings (SSSR count). The van der Waals surface area contributed by atoms with Crippen molar-refractivity contribution in [2.45, 2.75) is 25.2 Å². The van der Waals surface area contributed by atoms with E-state index >= 15 is 0 Å². The first-order valence-corrected chi connectivity index (χ1v) is 3.78. The Balaban J connectivity index is 2.09. The van der Waals surface area contributed by atoms with E-state index in [1.807, 2.05) is 0 Å². The number of fused-ring (bicyclic) bond motifs is 1. The summed E-state index contributed by atoms with van der Waals surface area (Å²) in [5.41, 5.74) is 5.73. The Morgan fingerprint density at radius 3 is 2.60 bits per heavy atom. The first-order chi connectivity index (χ1) is 4.79. The molecular weight excluding hydrogens is 130 g/mol. The van der Waals surface area contributed by atoms with E-state index in [-0.39, 0.29) is 18.2 Å². The number of nitrogens with two attached hydrogens (primary N) is 1. The van der Waals surface area contributed by atoms with Gasteiger partial charge in [-0.2, -0.15) is 0 Å². The third-order valence-electron chi connectivity index (χ3n) is 2.34. The summed E-state index contributed by atoms with van der Waals surface area (Å²) in [6.07, 6.45) is 0.449. The Bertz CT molecular complexity index is 124. The maximum atomic E-state index is 5.73. The van der Waals surface area contributed by atoms with Crippen LogP contribution in [-0.2, 0) is 9.47 Å². The van der Waals surface area contributed by atoms with Gasteiger partial charge in [0.1, 0.15) is 6.10 Å².